The molecular formula is C10H11Cl2FN2O. The third-order valence-electron chi connectivity index (χ3n) is 2.09. The molecule has 0 unspecified atom stereocenters. The van der Waals surface area contributed by atoms with Crippen LogP contribution in [0, 0.1) is 5.82 Å². The van der Waals surface area contributed by atoms with Gasteiger partial charge < -0.3 is 11.1 Å². The van der Waals surface area contributed by atoms with Gasteiger partial charge in [-0.25, -0.2) is 4.39 Å². The van der Waals surface area contributed by atoms with E-state index in [1.165, 1.54) is 12.1 Å². The second-order valence-corrected chi connectivity index (χ2v) is 4.17. The lowest BCUT2D eigenvalue weighted by atomic mass is 10.1. The number of benzene rings is 1. The monoisotopic (exact) mass is 264 g/mol. The Balaban J connectivity index is 2.86. The molecule has 0 bridgehead atoms. The van der Waals surface area contributed by atoms with Crippen molar-refractivity contribution in [3.63, 3.8) is 0 Å². The van der Waals surface area contributed by atoms with Crippen LogP contribution in [0.4, 0.5) is 4.39 Å². The van der Waals surface area contributed by atoms with Crippen LogP contribution in [-0.2, 0) is 4.79 Å². The SMILES string of the molecule is C[C@H](NCC(N)=O)c1cc(F)c(Cl)cc1Cl. The van der Waals surface area contributed by atoms with Crippen molar-refractivity contribution in [3.05, 3.63) is 33.6 Å². The maximum absolute atomic E-state index is 13.2. The summed E-state index contributed by atoms with van der Waals surface area (Å²) in [7, 11) is 0. The number of carbonyl (C=O) groups excluding carboxylic acids is 1. The molecular weight excluding hydrogens is 254 g/mol. The van der Waals surface area contributed by atoms with E-state index in [2.05, 4.69) is 5.32 Å². The summed E-state index contributed by atoms with van der Waals surface area (Å²) in [5, 5.41) is 3.13. The molecule has 0 saturated heterocycles. The van der Waals surface area contributed by atoms with Crippen molar-refractivity contribution in [3.8, 4) is 0 Å². The van der Waals surface area contributed by atoms with Crippen LogP contribution < -0.4 is 11.1 Å². The van der Waals surface area contributed by atoms with E-state index in [0.29, 0.717) is 10.6 Å². The predicted octanol–water partition coefficient (Wildman–Crippen LogP) is 2.27. The summed E-state index contributed by atoms with van der Waals surface area (Å²) < 4.78 is 13.2. The number of nitrogens with one attached hydrogen (secondary N) is 1. The molecule has 0 spiro atoms. The van der Waals surface area contributed by atoms with E-state index in [0.717, 1.165) is 0 Å². The fourth-order valence-electron chi connectivity index (χ4n) is 1.23. The quantitative estimate of drug-likeness (QED) is 0.820. The average molecular weight is 265 g/mol. The van der Waals surface area contributed by atoms with Crippen LogP contribution in [0.25, 0.3) is 0 Å². The fourth-order valence-corrected chi connectivity index (χ4v) is 1.78. The third kappa shape index (κ3) is 3.33. The van der Waals surface area contributed by atoms with Crippen LogP contribution >= 0.6 is 23.2 Å². The Morgan fingerprint density at radius 2 is 2.12 bits per heavy atom. The van der Waals surface area contributed by atoms with Crippen molar-refractivity contribution in [2.24, 2.45) is 5.73 Å². The minimum absolute atomic E-state index is 0.00173. The summed E-state index contributed by atoms with van der Waals surface area (Å²) in [6.07, 6.45) is 0. The van der Waals surface area contributed by atoms with Crippen molar-refractivity contribution in [1.82, 2.24) is 5.32 Å². The number of primary amides is 1. The number of hydrogen-bond acceptors (Lipinski definition) is 2. The molecule has 1 atom stereocenters. The van der Waals surface area contributed by atoms with Gasteiger partial charge in [-0.15, -0.1) is 0 Å². The smallest absolute Gasteiger partial charge is 0.231 e. The van der Waals surface area contributed by atoms with Crippen molar-refractivity contribution in [2.45, 2.75) is 13.0 Å². The molecule has 0 aromatic heterocycles. The van der Waals surface area contributed by atoms with E-state index in [-0.39, 0.29) is 17.6 Å². The first-order chi connectivity index (χ1) is 7.41. The van der Waals surface area contributed by atoms with Crippen molar-refractivity contribution >= 4 is 29.1 Å². The minimum atomic E-state index is -0.547. The number of halogens is 3. The molecule has 1 rings (SSSR count). The van der Waals surface area contributed by atoms with E-state index in [1.807, 2.05) is 0 Å². The van der Waals surface area contributed by atoms with E-state index < -0.39 is 11.7 Å². The molecule has 1 aromatic carbocycles. The second kappa shape index (κ2) is 5.48. The molecule has 3 nitrogen and oxygen atoms in total. The molecule has 16 heavy (non-hydrogen) atoms. The lowest BCUT2D eigenvalue weighted by Gasteiger charge is -2.15. The van der Waals surface area contributed by atoms with Crippen molar-refractivity contribution in [1.29, 1.82) is 0 Å². The van der Waals surface area contributed by atoms with Crippen LogP contribution in [-0.4, -0.2) is 12.5 Å². The highest BCUT2D eigenvalue weighted by Gasteiger charge is 2.13. The maximum atomic E-state index is 13.2. The van der Waals surface area contributed by atoms with Gasteiger partial charge in [-0.05, 0) is 24.6 Å². The van der Waals surface area contributed by atoms with Gasteiger partial charge in [0.05, 0.1) is 11.6 Å². The number of nitrogens with two attached hydrogens (primary N) is 1. The summed E-state index contributed by atoms with van der Waals surface area (Å²) in [4.78, 5) is 10.6. The summed E-state index contributed by atoms with van der Waals surface area (Å²) >= 11 is 11.5. The summed E-state index contributed by atoms with van der Waals surface area (Å²) in [6, 6.07) is 2.28. The number of hydrogen-bond donors (Lipinski definition) is 2. The zero-order valence-electron chi connectivity index (χ0n) is 8.56. The molecule has 0 aliphatic rings. The van der Waals surface area contributed by atoms with E-state index in [4.69, 9.17) is 28.9 Å². The molecule has 3 N–H and O–H groups in total. The number of carbonyl (C=O) groups is 1. The molecule has 88 valence electrons. The summed E-state index contributed by atoms with van der Waals surface area (Å²) in [6.45, 7) is 1.75. The predicted molar refractivity (Wildman–Crippen MR) is 62.0 cm³/mol. The highest BCUT2D eigenvalue weighted by Crippen LogP contribution is 2.28. The van der Waals surface area contributed by atoms with Gasteiger partial charge in [0, 0.05) is 11.1 Å². The molecule has 6 heteroatoms. The highest BCUT2D eigenvalue weighted by atomic mass is 35.5. The fraction of sp³-hybridized carbons (Fsp3) is 0.300. The Morgan fingerprint density at radius 3 is 2.69 bits per heavy atom. The van der Waals surface area contributed by atoms with Gasteiger partial charge >= 0.3 is 0 Å². The van der Waals surface area contributed by atoms with Gasteiger partial charge in [0.15, 0.2) is 0 Å². The van der Waals surface area contributed by atoms with Crippen LogP contribution in [0.2, 0.25) is 10.0 Å². The molecule has 1 amide bonds. The lowest BCUT2D eigenvalue weighted by molar-refractivity contribution is -0.117. The normalized spacial score (nSPS) is 12.5. The molecule has 0 saturated carbocycles. The zero-order valence-corrected chi connectivity index (χ0v) is 10.1. The Morgan fingerprint density at radius 1 is 1.50 bits per heavy atom. The van der Waals surface area contributed by atoms with Gasteiger partial charge in [-0.1, -0.05) is 23.2 Å². The van der Waals surface area contributed by atoms with Gasteiger partial charge in [0.25, 0.3) is 0 Å². The Hall–Kier alpha value is -0.840. The Labute approximate surface area is 103 Å². The first-order valence-electron chi connectivity index (χ1n) is 4.58. The zero-order chi connectivity index (χ0) is 12.3. The van der Waals surface area contributed by atoms with Crippen molar-refractivity contribution < 1.29 is 9.18 Å². The van der Waals surface area contributed by atoms with E-state index >= 15 is 0 Å². The molecule has 0 heterocycles. The first-order valence-corrected chi connectivity index (χ1v) is 5.33. The van der Waals surface area contributed by atoms with Crippen LogP contribution in [0.3, 0.4) is 0 Å². The minimum Gasteiger partial charge on any atom is -0.369 e. The second-order valence-electron chi connectivity index (χ2n) is 3.36. The van der Waals surface area contributed by atoms with Crippen LogP contribution in [0.1, 0.15) is 18.5 Å². The maximum Gasteiger partial charge on any atom is 0.231 e. The molecule has 1 aromatic rings. The highest BCUT2D eigenvalue weighted by molar-refractivity contribution is 6.35. The van der Waals surface area contributed by atoms with Gasteiger partial charge in [0.1, 0.15) is 5.82 Å². The lowest BCUT2D eigenvalue weighted by Crippen LogP contribution is -2.30. The number of rotatable bonds is 4. The topological polar surface area (TPSA) is 55.1 Å². The molecule has 0 aliphatic carbocycles. The van der Waals surface area contributed by atoms with Gasteiger partial charge in [-0.2, -0.15) is 0 Å². The largest absolute Gasteiger partial charge is 0.369 e. The Bertz CT molecular complexity index is 412. The Kier molecular flexibility index (Phi) is 4.53. The van der Waals surface area contributed by atoms with Crippen LogP contribution in [0.15, 0.2) is 12.1 Å². The molecule has 0 fully saturated rings. The first kappa shape index (κ1) is 13.2. The van der Waals surface area contributed by atoms with Crippen molar-refractivity contribution in [2.75, 3.05) is 6.54 Å². The molecule has 0 radical (unpaired) electrons. The average Bonchev–Trinajstić information content (AvgIpc) is 2.20. The van der Waals surface area contributed by atoms with Crippen LogP contribution in [0.5, 0.6) is 0 Å². The summed E-state index contributed by atoms with van der Waals surface area (Å²) in [5.41, 5.74) is 5.51. The molecule has 0 aliphatic heterocycles. The van der Waals surface area contributed by atoms with E-state index in [1.54, 1.807) is 6.92 Å². The summed E-state index contributed by atoms with van der Waals surface area (Å²) in [5.74, 6) is -1.04. The van der Waals surface area contributed by atoms with Gasteiger partial charge in [-0.3, -0.25) is 4.79 Å². The number of amides is 1. The van der Waals surface area contributed by atoms with Gasteiger partial charge in [0.2, 0.25) is 5.91 Å². The third-order valence-corrected chi connectivity index (χ3v) is 2.71. The standard InChI is InChI=1S/C10H11Cl2FN2O/c1-5(15-4-10(14)16)6-2-9(13)8(12)3-7(6)11/h2-3,5,15H,4H2,1H3,(H2,14,16)/t5-/m0/s1. The van der Waals surface area contributed by atoms with E-state index in [9.17, 15) is 9.18 Å².